The van der Waals surface area contributed by atoms with Gasteiger partial charge in [-0.25, -0.2) is 0 Å². The third kappa shape index (κ3) is 2.26. The maximum Gasteiger partial charge on any atom is 0.333 e. The molecule has 0 saturated carbocycles. The molecule has 0 spiro atoms. The molecule has 0 bridgehead atoms. The average molecular weight is 164 g/mol. The predicted octanol–water partition coefficient (Wildman–Crippen LogP) is -0.253. The van der Waals surface area contributed by atoms with Gasteiger partial charge in [-0.3, -0.25) is 4.57 Å². The molecule has 1 aromatic heterocycles. The molecule has 0 amide bonds. The van der Waals surface area contributed by atoms with Gasteiger partial charge in [0.15, 0.2) is 5.82 Å². The highest BCUT2D eigenvalue weighted by atomic mass is 31.2. The Bertz CT molecular complexity index is 239. The molecule has 10 heavy (non-hydrogen) atoms. The SMILES string of the molecule is O=P(O)(O)Cc1ncon1. The minimum absolute atomic E-state index is 0.0216. The van der Waals surface area contributed by atoms with E-state index in [4.69, 9.17) is 9.79 Å². The minimum atomic E-state index is -4.04. The number of aromatic nitrogens is 2. The van der Waals surface area contributed by atoms with E-state index >= 15 is 0 Å². The molecule has 6 nitrogen and oxygen atoms in total. The minimum Gasteiger partial charge on any atom is -0.343 e. The highest BCUT2D eigenvalue weighted by molar-refractivity contribution is 7.50. The van der Waals surface area contributed by atoms with E-state index < -0.39 is 13.8 Å². The Labute approximate surface area is 56.0 Å². The fraction of sp³-hybridized carbons (Fsp3) is 0.333. The van der Waals surface area contributed by atoms with E-state index in [1.165, 1.54) is 0 Å². The van der Waals surface area contributed by atoms with Crippen molar-refractivity contribution in [1.29, 1.82) is 0 Å². The molecule has 0 aliphatic heterocycles. The largest absolute Gasteiger partial charge is 0.343 e. The molecule has 0 atom stereocenters. The van der Waals surface area contributed by atoms with Crippen LogP contribution in [-0.4, -0.2) is 19.9 Å². The summed E-state index contributed by atoms with van der Waals surface area (Å²) in [5.74, 6) is 0.0216. The summed E-state index contributed by atoms with van der Waals surface area (Å²) in [6, 6.07) is 0. The lowest BCUT2D eigenvalue weighted by Gasteiger charge is -1.96. The van der Waals surface area contributed by atoms with Crippen LogP contribution in [0.25, 0.3) is 0 Å². The highest BCUT2D eigenvalue weighted by Crippen LogP contribution is 2.37. The summed E-state index contributed by atoms with van der Waals surface area (Å²) >= 11 is 0. The van der Waals surface area contributed by atoms with Gasteiger partial charge >= 0.3 is 7.60 Å². The number of nitrogens with zero attached hydrogens (tertiary/aromatic N) is 2. The van der Waals surface area contributed by atoms with Gasteiger partial charge in [0.2, 0.25) is 6.39 Å². The van der Waals surface area contributed by atoms with E-state index in [2.05, 4.69) is 14.7 Å². The van der Waals surface area contributed by atoms with E-state index in [1.54, 1.807) is 0 Å². The normalized spacial score (nSPS) is 11.8. The summed E-state index contributed by atoms with van der Waals surface area (Å²) in [6.07, 6.45) is 0.550. The first-order valence-electron chi connectivity index (χ1n) is 2.38. The molecule has 56 valence electrons. The predicted molar refractivity (Wildman–Crippen MR) is 30.0 cm³/mol. The first kappa shape index (κ1) is 7.40. The Morgan fingerprint density at radius 1 is 1.70 bits per heavy atom. The summed E-state index contributed by atoms with van der Waals surface area (Å²) in [5.41, 5.74) is 0. The van der Waals surface area contributed by atoms with Crippen molar-refractivity contribution in [2.75, 3.05) is 0 Å². The summed E-state index contributed by atoms with van der Waals surface area (Å²) in [5, 5.41) is 3.22. The van der Waals surface area contributed by atoms with Crippen LogP contribution in [0, 0.1) is 0 Å². The summed E-state index contributed by atoms with van der Waals surface area (Å²) < 4.78 is 14.5. The molecule has 1 heterocycles. The van der Waals surface area contributed by atoms with Crippen molar-refractivity contribution in [3.8, 4) is 0 Å². The van der Waals surface area contributed by atoms with Crippen molar-refractivity contribution >= 4 is 7.60 Å². The van der Waals surface area contributed by atoms with Crippen LogP contribution in [0.1, 0.15) is 5.82 Å². The van der Waals surface area contributed by atoms with Crippen molar-refractivity contribution in [2.45, 2.75) is 6.16 Å². The van der Waals surface area contributed by atoms with E-state index in [9.17, 15) is 4.57 Å². The maximum absolute atomic E-state index is 10.3. The van der Waals surface area contributed by atoms with Crippen molar-refractivity contribution in [2.24, 2.45) is 0 Å². The molecule has 0 fully saturated rings. The van der Waals surface area contributed by atoms with Gasteiger partial charge in [-0.05, 0) is 0 Å². The van der Waals surface area contributed by atoms with E-state index in [0.717, 1.165) is 6.39 Å². The monoisotopic (exact) mass is 164 g/mol. The van der Waals surface area contributed by atoms with Crippen molar-refractivity contribution in [3.05, 3.63) is 12.2 Å². The molecular formula is C3H5N2O4P. The van der Waals surface area contributed by atoms with Crippen LogP contribution in [0.2, 0.25) is 0 Å². The Morgan fingerprint density at radius 3 is 2.80 bits per heavy atom. The summed E-state index contributed by atoms with van der Waals surface area (Å²) in [6.45, 7) is 0. The lowest BCUT2D eigenvalue weighted by molar-refractivity contribution is 0.367. The van der Waals surface area contributed by atoms with Crippen LogP contribution in [-0.2, 0) is 10.7 Å². The molecular weight excluding hydrogens is 159 g/mol. The fourth-order valence-corrected chi connectivity index (χ4v) is 0.954. The zero-order chi connectivity index (χ0) is 7.61. The Balaban J connectivity index is 2.66. The van der Waals surface area contributed by atoms with Gasteiger partial charge in [0.25, 0.3) is 0 Å². The number of hydrogen-bond acceptors (Lipinski definition) is 4. The lowest BCUT2D eigenvalue weighted by atomic mass is 10.7. The Kier molecular flexibility index (Phi) is 1.85. The average Bonchev–Trinajstić information content (AvgIpc) is 2.12. The second-order valence-corrected chi connectivity index (χ2v) is 3.32. The molecule has 2 N–H and O–H groups in total. The molecule has 7 heteroatoms. The smallest absolute Gasteiger partial charge is 0.333 e. The first-order valence-corrected chi connectivity index (χ1v) is 4.17. The fourth-order valence-electron chi connectivity index (χ4n) is 0.446. The number of rotatable bonds is 2. The van der Waals surface area contributed by atoms with E-state index in [1.807, 2.05) is 0 Å². The van der Waals surface area contributed by atoms with Crippen molar-refractivity contribution in [3.63, 3.8) is 0 Å². The van der Waals surface area contributed by atoms with Gasteiger partial charge in [0.1, 0.15) is 6.16 Å². The first-order chi connectivity index (χ1) is 4.58. The third-order valence-electron chi connectivity index (χ3n) is 0.754. The van der Waals surface area contributed by atoms with Gasteiger partial charge < -0.3 is 14.3 Å². The number of hydrogen-bond donors (Lipinski definition) is 2. The standard InChI is InChI=1S/C3H5N2O4P/c6-10(7,8)1-3-4-2-9-5-3/h2H,1H2,(H2,6,7,8). The lowest BCUT2D eigenvalue weighted by Crippen LogP contribution is -1.88. The van der Waals surface area contributed by atoms with Gasteiger partial charge in [-0.2, -0.15) is 4.98 Å². The zero-order valence-electron chi connectivity index (χ0n) is 4.84. The van der Waals surface area contributed by atoms with Gasteiger partial charge in [0.05, 0.1) is 0 Å². The van der Waals surface area contributed by atoms with Crippen molar-refractivity contribution in [1.82, 2.24) is 10.1 Å². The van der Waals surface area contributed by atoms with Gasteiger partial charge in [-0.15, -0.1) is 0 Å². The van der Waals surface area contributed by atoms with Crippen LogP contribution in [0.5, 0.6) is 0 Å². The Morgan fingerprint density at radius 2 is 2.40 bits per heavy atom. The molecule has 0 unspecified atom stereocenters. The topological polar surface area (TPSA) is 96.5 Å². The van der Waals surface area contributed by atoms with Gasteiger partial charge in [-0.1, -0.05) is 5.16 Å². The molecule has 0 saturated heterocycles. The summed E-state index contributed by atoms with van der Waals surface area (Å²) in [7, 11) is -4.04. The van der Waals surface area contributed by atoms with Crippen LogP contribution in [0.15, 0.2) is 10.9 Å². The summed E-state index contributed by atoms with van der Waals surface area (Å²) in [4.78, 5) is 20.2. The second kappa shape index (κ2) is 2.49. The zero-order valence-corrected chi connectivity index (χ0v) is 5.73. The molecule has 1 aromatic rings. The Hall–Kier alpha value is -0.710. The van der Waals surface area contributed by atoms with Crippen LogP contribution >= 0.6 is 7.60 Å². The second-order valence-electron chi connectivity index (χ2n) is 1.67. The maximum atomic E-state index is 10.3. The van der Waals surface area contributed by atoms with E-state index in [0.29, 0.717) is 0 Å². The molecule has 0 aliphatic rings. The third-order valence-corrected chi connectivity index (χ3v) is 1.45. The highest BCUT2D eigenvalue weighted by Gasteiger charge is 2.16. The van der Waals surface area contributed by atoms with Crippen molar-refractivity contribution < 1.29 is 18.9 Å². The molecule has 0 aromatic carbocycles. The molecule has 0 radical (unpaired) electrons. The van der Waals surface area contributed by atoms with E-state index in [-0.39, 0.29) is 5.82 Å². The molecule has 0 aliphatic carbocycles. The quantitative estimate of drug-likeness (QED) is 0.585. The van der Waals surface area contributed by atoms with Gasteiger partial charge in [0, 0.05) is 0 Å². The van der Waals surface area contributed by atoms with Crippen LogP contribution in [0.4, 0.5) is 0 Å². The van der Waals surface area contributed by atoms with Crippen LogP contribution in [0.3, 0.4) is 0 Å². The van der Waals surface area contributed by atoms with Crippen LogP contribution < -0.4 is 0 Å². The molecule has 1 rings (SSSR count).